The lowest BCUT2D eigenvalue weighted by molar-refractivity contribution is -0.133. The van der Waals surface area contributed by atoms with Gasteiger partial charge in [0, 0.05) is 31.9 Å². The summed E-state index contributed by atoms with van der Waals surface area (Å²) in [7, 11) is 1.65. The quantitative estimate of drug-likeness (QED) is 0.794. The molecule has 1 saturated heterocycles. The lowest BCUT2D eigenvalue weighted by Gasteiger charge is -2.38. The highest BCUT2D eigenvalue weighted by Gasteiger charge is 2.34. The Balaban J connectivity index is 1.39. The van der Waals surface area contributed by atoms with Gasteiger partial charge in [-0.1, -0.05) is 12.1 Å². The first-order valence-electron chi connectivity index (χ1n) is 9.80. The highest BCUT2D eigenvalue weighted by molar-refractivity contribution is 6.03. The number of fused-ring (bicyclic) bond motifs is 1. The molecule has 1 fully saturated rings. The first-order chi connectivity index (χ1) is 14.1. The topological polar surface area (TPSA) is 62.3 Å². The number of carbonyl (C=O) groups excluding carboxylic acids is 2. The molecule has 2 heterocycles. The van der Waals surface area contributed by atoms with Crippen molar-refractivity contribution in [3.63, 3.8) is 0 Å². The molecule has 2 aliphatic heterocycles. The number of hydrogen-bond acceptors (Lipinski definition) is 5. The maximum atomic E-state index is 12.9. The molecular weight excluding hydrogens is 370 g/mol. The summed E-state index contributed by atoms with van der Waals surface area (Å²) < 4.78 is 10.9. The molecule has 0 aromatic heterocycles. The van der Waals surface area contributed by atoms with Crippen molar-refractivity contribution in [2.24, 2.45) is 0 Å². The van der Waals surface area contributed by atoms with E-state index in [1.54, 1.807) is 18.9 Å². The number of para-hydroxylation sites is 2. The minimum Gasteiger partial charge on any atom is -0.497 e. The third kappa shape index (κ3) is 3.85. The fourth-order valence-electron chi connectivity index (χ4n) is 3.76. The average molecular weight is 395 g/mol. The van der Waals surface area contributed by atoms with Crippen LogP contribution in [0.5, 0.6) is 11.5 Å². The molecule has 29 heavy (non-hydrogen) atoms. The molecule has 1 atom stereocenters. The van der Waals surface area contributed by atoms with Crippen LogP contribution in [0.2, 0.25) is 0 Å². The van der Waals surface area contributed by atoms with E-state index in [-0.39, 0.29) is 18.4 Å². The Labute approximate surface area is 170 Å². The van der Waals surface area contributed by atoms with Gasteiger partial charge in [0.2, 0.25) is 5.91 Å². The van der Waals surface area contributed by atoms with E-state index in [0.717, 1.165) is 24.5 Å². The first kappa shape index (κ1) is 19.1. The van der Waals surface area contributed by atoms with Gasteiger partial charge in [0.1, 0.15) is 18.0 Å². The Morgan fingerprint density at radius 1 is 1.07 bits per heavy atom. The molecular formula is C22H25N3O4. The minimum atomic E-state index is -0.593. The van der Waals surface area contributed by atoms with Gasteiger partial charge in [0.25, 0.3) is 5.91 Å². The lowest BCUT2D eigenvalue weighted by atomic mass is 10.2. The van der Waals surface area contributed by atoms with Crippen LogP contribution in [0.25, 0.3) is 0 Å². The second-order valence-electron chi connectivity index (χ2n) is 7.22. The fraction of sp³-hybridized carbons (Fsp3) is 0.364. The maximum absolute atomic E-state index is 12.9. The molecule has 0 N–H and O–H groups in total. The number of nitrogens with zero attached hydrogens (tertiary/aromatic N) is 3. The number of amides is 2. The number of piperazine rings is 1. The SMILES string of the molecule is COc1ccc(N2CCN(C(=O)CN3C(=O)C(C)Oc4ccccc43)CC2)cc1. The molecule has 1 unspecified atom stereocenters. The van der Waals surface area contributed by atoms with Crippen LogP contribution >= 0.6 is 0 Å². The zero-order chi connectivity index (χ0) is 20.4. The molecule has 0 saturated carbocycles. The Morgan fingerprint density at radius 2 is 1.76 bits per heavy atom. The van der Waals surface area contributed by atoms with E-state index in [4.69, 9.17) is 9.47 Å². The van der Waals surface area contributed by atoms with Gasteiger partial charge in [-0.15, -0.1) is 0 Å². The highest BCUT2D eigenvalue weighted by atomic mass is 16.5. The Bertz CT molecular complexity index is 891. The predicted molar refractivity (Wildman–Crippen MR) is 111 cm³/mol. The van der Waals surface area contributed by atoms with Gasteiger partial charge in [-0.05, 0) is 43.3 Å². The van der Waals surface area contributed by atoms with E-state index in [0.29, 0.717) is 24.5 Å². The zero-order valence-electron chi connectivity index (χ0n) is 16.7. The predicted octanol–water partition coefficient (Wildman–Crippen LogP) is 2.16. The first-order valence-corrected chi connectivity index (χ1v) is 9.80. The Kier molecular flexibility index (Phi) is 5.29. The highest BCUT2D eigenvalue weighted by Crippen LogP contribution is 2.33. The molecule has 0 spiro atoms. The van der Waals surface area contributed by atoms with Crippen molar-refractivity contribution in [2.75, 3.05) is 49.6 Å². The second-order valence-corrected chi connectivity index (χ2v) is 7.22. The van der Waals surface area contributed by atoms with E-state index < -0.39 is 6.10 Å². The number of anilines is 2. The maximum Gasteiger partial charge on any atom is 0.268 e. The van der Waals surface area contributed by atoms with Gasteiger partial charge in [-0.25, -0.2) is 0 Å². The normalized spacial score (nSPS) is 18.9. The van der Waals surface area contributed by atoms with Gasteiger partial charge in [-0.2, -0.15) is 0 Å². The molecule has 4 rings (SSSR count). The largest absolute Gasteiger partial charge is 0.497 e. The lowest BCUT2D eigenvalue weighted by Crippen LogP contribution is -2.54. The summed E-state index contributed by atoms with van der Waals surface area (Å²) in [5.74, 6) is 1.23. The number of ether oxygens (including phenoxy) is 2. The van der Waals surface area contributed by atoms with Crippen LogP contribution in [0.3, 0.4) is 0 Å². The smallest absolute Gasteiger partial charge is 0.268 e. The van der Waals surface area contributed by atoms with Crippen LogP contribution in [0, 0.1) is 0 Å². The van der Waals surface area contributed by atoms with Crippen LogP contribution in [0.1, 0.15) is 6.92 Å². The van der Waals surface area contributed by atoms with Gasteiger partial charge >= 0.3 is 0 Å². The van der Waals surface area contributed by atoms with E-state index >= 15 is 0 Å². The van der Waals surface area contributed by atoms with Crippen LogP contribution in [-0.2, 0) is 9.59 Å². The van der Waals surface area contributed by atoms with Crippen molar-refractivity contribution in [3.8, 4) is 11.5 Å². The zero-order valence-corrected chi connectivity index (χ0v) is 16.7. The van der Waals surface area contributed by atoms with Crippen LogP contribution in [0.4, 0.5) is 11.4 Å². The van der Waals surface area contributed by atoms with Crippen molar-refractivity contribution >= 4 is 23.2 Å². The monoisotopic (exact) mass is 395 g/mol. The summed E-state index contributed by atoms with van der Waals surface area (Å²) in [6.45, 7) is 4.50. The van der Waals surface area contributed by atoms with Crippen LogP contribution in [0.15, 0.2) is 48.5 Å². The number of rotatable bonds is 4. The van der Waals surface area contributed by atoms with Crippen molar-refractivity contribution in [3.05, 3.63) is 48.5 Å². The van der Waals surface area contributed by atoms with Gasteiger partial charge in [-0.3, -0.25) is 14.5 Å². The molecule has 2 aromatic carbocycles. The fourth-order valence-corrected chi connectivity index (χ4v) is 3.76. The summed E-state index contributed by atoms with van der Waals surface area (Å²) in [5, 5.41) is 0. The van der Waals surface area contributed by atoms with Gasteiger partial charge < -0.3 is 19.3 Å². The summed E-state index contributed by atoms with van der Waals surface area (Å²) in [6.07, 6.45) is -0.593. The molecule has 0 aliphatic carbocycles. The third-order valence-electron chi connectivity index (χ3n) is 5.44. The molecule has 2 aliphatic rings. The Morgan fingerprint density at radius 3 is 2.45 bits per heavy atom. The summed E-state index contributed by atoms with van der Waals surface area (Å²) in [4.78, 5) is 31.1. The number of methoxy groups -OCH3 is 1. The number of hydrogen-bond donors (Lipinski definition) is 0. The van der Waals surface area contributed by atoms with Gasteiger partial charge in [0.05, 0.1) is 12.8 Å². The van der Waals surface area contributed by atoms with E-state index in [2.05, 4.69) is 4.90 Å². The number of carbonyl (C=O) groups is 2. The summed E-state index contributed by atoms with van der Waals surface area (Å²) in [5.41, 5.74) is 1.77. The van der Waals surface area contributed by atoms with Crippen LogP contribution < -0.4 is 19.3 Å². The standard InChI is InChI=1S/C22H25N3O4/c1-16-22(27)25(19-5-3-4-6-20(19)29-16)15-21(26)24-13-11-23(12-14-24)17-7-9-18(28-2)10-8-17/h3-10,16H,11-15H2,1-2H3. The molecule has 0 bridgehead atoms. The van der Waals surface area contributed by atoms with Crippen molar-refractivity contribution in [1.29, 1.82) is 0 Å². The average Bonchev–Trinajstić information content (AvgIpc) is 2.77. The van der Waals surface area contributed by atoms with E-state index in [1.165, 1.54) is 0 Å². The third-order valence-corrected chi connectivity index (χ3v) is 5.44. The Hall–Kier alpha value is -3.22. The van der Waals surface area contributed by atoms with Crippen LogP contribution in [-0.4, -0.2) is 62.7 Å². The molecule has 7 nitrogen and oxygen atoms in total. The molecule has 7 heteroatoms. The molecule has 2 aromatic rings. The summed E-state index contributed by atoms with van der Waals surface area (Å²) >= 11 is 0. The molecule has 152 valence electrons. The second kappa shape index (κ2) is 8.03. The number of benzene rings is 2. The van der Waals surface area contributed by atoms with Crippen molar-refractivity contribution < 1.29 is 19.1 Å². The minimum absolute atomic E-state index is 0.0338. The van der Waals surface area contributed by atoms with E-state index in [1.807, 2.05) is 53.4 Å². The molecule has 2 amide bonds. The summed E-state index contributed by atoms with van der Waals surface area (Å²) in [6, 6.07) is 15.3. The van der Waals surface area contributed by atoms with Gasteiger partial charge in [0.15, 0.2) is 6.10 Å². The van der Waals surface area contributed by atoms with Crippen molar-refractivity contribution in [2.45, 2.75) is 13.0 Å². The van der Waals surface area contributed by atoms with Crippen molar-refractivity contribution in [1.82, 2.24) is 4.90 Å². The molecule has 0 radical (unpaired) electrons. The van der Waals surface area contributed by atoms with E-state index in [9.17, 15) is 9.59 Å².